The summed E-state index contributed by atoms with van der Waals surface area (Å²) in [5.74, 6) is 0.126. The van der Waals surface area contributed by atoms with Crippen molar-refractivity contribution < 1.29 is 13.6 Å². The van der Waals surface area contributed by atoms with Gasteiger partial charge in [-0.05, 0) is 42.7 Å². The van der Waals surface area contributed by atoms with Crippen LogP contribution in [0.15, 0.2) is 34.9 Å². The van der Waals surface area contributed by atoms with Gasteiger partial charge in [0.05, 0.1) is 12.1 Å². The number of carbonyl (C=O) groups excluding carboxylic acids is 1. The van der Waals surface area contributed by atoms with Gasteiger partial charge < -0.3 is 15.5 Å². The van der Waals surface area contributed by atoms with Gasteiger partial charge in [-0.1, -0.05) is 6.07 Å². The number of nitrogens with one attached hydrogen (secondary N) is 1. The molecule has 0 unspecified atom stereocenters. The van der Waals surface area contributed by atoms with Gasteiger partial charge in [-0.15, -0.1) is 12.4 Å². The monoisotopic (exact) mass is 312 g/mol. The van der Waals surface area contributed by atoms with Crippen molar-refractivity contribution in [3.8, 4) is 0 Å². The van der Waals surface area contributed by atoms with E-state index in [4.69, 9.17) is 10.2 Å². The van der Waals surface area contributed by atoms with Crippen LogP contribution in [0.3, 0.4) is 0 Å². The highest BCUT2D eigenvalue weighted by Gasteiger charge is 2.09. The largest absolute Gasteiger partial charge is 0.467 e. The van der Waals surface area contributed by atoms with Crippen molar-refractivity contribution in [2.75, 3.05) is 6.54 Å². The first kappa shape index (κ1) is 17.2. The van der Waals surface area contributed by atoms with Gasteiger partial charge in [0.15, 0.2) is 0 Å². The summed E-state index contributed by atoms with van der Waals surface area (Å²) in [6, 6.07) is 6.27. The zero-order chi connectivity index (χ0) is 14.5. The second-order valence-corrected chi connectivity index (χ2v) is 4.58. The molecule has 114 valence electrons. The zero-order valence-electron chi connectivity index (χ0n) is 11.7. The molecule has 0 saturated carbocycles. The molecule has 0 spiro atoms. The Labute approximate surface area is 128 Å². The Morgan fingerprint density at radius 3 is 2.76 bits per heavy atom. The summed E-state index contributed by atoms with van der Waals surface area (Å²) in [7, 11) is 0. The third kappa shape index (κ3) is 4.58. The average molecular weight is 313 g/mol. The lowest BCUT2D eigenvalue weighted by Gasteiger charge is -2.07. The minimum atomic E-state index is -0.247. The van der Waals surface area contributed by atoms with Gasteiger partial charge in [0.25, 0.3) is 5.91 Å². The minimum Gasteiger partial charge on any atom is -0.467 e. The van der Waals surface area contributed by atoms with Crippen LogP contribution in [0.1, 0.15) is 27.2 Å². The summed E-state index contributed by atoms with van der Waals surface area (Å²) in [5.41, 5.74) is 7.77. The molecule has 0 aliphatic rings. The average Bonchev–Trinajstić information content (AvgIpc) is 2.90. The van der Waals surface area contributed by atoms with Gasteiger partial charge in [-0.25, -0.2) is 4.39 Å². The first-order chi connectivity index (χ1) is 9.60. The van der Waals surface area contributed by atoms with Crippen LogP contribution in [0, 0.1) is 12.7 Å². The minimum absolute atomic E-state index is 0. The van der Waals surface area contributed by atoms with E-state index in [1.807, 2.05) is 6.92 Å². The molecule has 3 N–H and O–H groups in total. The number of benzene rings is 1. The van der Waals surface area contributed by atoms with E-state index >= 15 is 0 Å². The number of furan rings is 1. The molecule has 0 atom stereocenters. The Morgan fingerprint density at radius 2 is 2.14 bits per heavy atom. The summed E-state index contributed by atoms with van der Waals surface area (Å²) >= 11 is 0. The Hall–Kier alpha value is -1.85. The van der Waals surface area contributed by atoms with Crippen LogP contribution in [-0.4, -0.2) is 12.5 Å². The molecule has 0 aliphatic heterocycles. The molecular formula is C15H18ClFN2O2. The number of hydrogen-bond donors (Lipinski definition) is 2. The van der Waals surface area contributed by atoms with E-state index in [9.17, 15) is 9.18 Å². The normalized spacial score (nSPS) is 10.0. The lowest BCUT2D eigenvalue weighted by molar-refractivity contribution is 0.0953. The van der Waals surface area contributed by atoms with Crippen molar-refractivity contribution in [3.05, 3.63) is 58.8 Å². The van der Waals surface area contributed by atoms with Crippen LogP contribution in [-0.2, 0) is 13.0 Å². The summed E-state index contributed by atoms with van der Waals surface area (Å²) in [6.45, 7) is 2.60. The molecule has 21 heavy (non-hydrogen) atoms. The molecule has 2 aromatic rings. The molecule has 0 fully saturated rings. The summed E-state index contributed by atoms with van der Waals surface area (Å²) in [4.78, 5) is 11.8. The molecule has 1 heterocycles. The lowest BCUT2D eigenvalue weighted by Crippen LogP contribution is -2.25. The van der Waals surface area contributed by atoms with Crippen molar-refractivity contribution in [1.82, 2.24) is 5.32 Å². The van der Waals surface area contributed by atoms with E-state index in [2.05, 4.69) is 5.32 Å². The van der Waals surface area contributed by atoms with E-state index in [-0.39, 0.29) is 30.7 Å². The highest BCUT2D eigenvalue weighted by Crippen LogP contribution is 2.11. The van der Waals surface area contributed by atoms with Crippen molar-refractivity contribution in [3.63, 3.8) is 0 Å². The first-order valence-corrected chi connectivity index (χ1v) is 6.41. The maximum Gasteiger partial charge on any atom is 0.254 e. The van der Waals surface area contributed by atoms with E-state index < -0.39 is 0 Å². The topological polar surface area (TPSA) is 68.3 Å². The molecule has 0 radical (unpaired) electrons. The van der Waals surface area contributed by atoms with Gasteiger partial charge in [-0.3, -0.25) is 4.79 Å². The Balaban J connectivity index is 0.00000220. The molecule has 0 bridgehead atoms. The van der Waals surface area contributed by atoms with Crippen LogP contribution < -0.4 is 11.1 Å². The van der Waals surface area contributed by atoms with Crippen LogP contribution in [0.5, 0.6) is 0 Å². The molecule has 0 saturated heterocycles. The van der Waals surface area contributed by atoms with Gasteiger partial charge in [0.1, 0.15) is 17.8 Å². The Bertz CT molecular complexity index is 613. The molecular weight excluding hydrogens is 295 g/mol. The highest BCUT2D eigenvalue weighted by atomic mass is 35.5. The van der Waals surface area contributed by atoms with Gasteiger partial charge in [0, 0.05) is 6.54 Å². The van der Waals surface area contributed by atoms with Crippen LogP contribution in [0.25, 0.3) is 0 Å². The number of nitrogens with two attached hydrogens (primary N) is 1. The molecule has 0 aliphatic carbocycles. The number of amides is 1. The second-order valence-electron chi connectivity index (χ2n) is 4.58. The molecule has 1 amide bonds. The van der Waals surface area contributed by atoms with Crippen molar-refractivity contribution >= 4 is 18.3 Å². The maximum absolute atomic E-state index is 13.0. The molecule has 1 aromatic heterocycles. The van der Waals surface area contributed by atoms with E-state index in [0.717, 1.165) is 11.1 Å². The standard InChI is InChI=1S/C15H17FN2O2.ClH/c1-10-6-13(16)3-2-11(10)4-5-18-15(19)12-7-14(8-17)20-9-12;/h2-3,6-7,9H,4-5,8,17H2,1H3,(H,18,19);1H. The quantitative estimate of drug-likeness (QED) is 0.891. The fraction of sp³-hybridized carbons (Fsp3) is 0.267. The maximum atomic E-state index is 13.0. The second kappa shape index (κ2) is 7.81. The zero-order valence-corrected chi connectivity index (χ0v) is 12.5. The SMILES string of the molecule is Cc1cc(F)ccc1CCNC(=O)c1coc(CN)c1.Cl. The fourth-order valence-electron chi connectivity index (χ4n) is 1.96. The summed E-state index contributed by atoms with van der Waals surface area (Å²) in [6.07, 6.45) is 2.04. The first-order valence-electron chi connectivity index (χ1n) is 6.41. The van der Waals surface area contributed by atoms with Crippen molar-refractivity contribution in [2.45, 2.75) is 19.9 Å². The molecule has 1 aromatic carbocycles. The summed E-state index contributed by atoms with van der Waals surface area (Å²) < 4.78 is 18.1. The molecule has 2 rings (SSSR count). The lowest BCUT2D eigenvalue weighted by atomic mass is 10.1. The number of rotatable bonds is 5. The van der Waals surface area contributed by atoms with Crippen LogP contribution in [0.2, 0.25) is 0 Å². The van der Waals surface area contributed by atoms with Crippen LogP contribution in [0.4, 0.5) is 4.39 Å². The number of carbonyl (C=O) groups is 1. The Morgan fingerprint density at radius 1 is 1.38 bits per heavy atom. The predicted molar refractivity (Wildman–Crippen MR) is 81.0 cm³/mol. The van der Waals surface area contributed by atoms with E-state index in [0.29, 0.717) is 24.3 Å². The van der Waals surface area contributed by atoms with Gasteiger partial charge in [0.2, 0.25) is 0 Å². The third-order valence-electron chi connectivity index (χ3n) is 3.10. The van der Waals surface area contributed by atoms with Crippen LogP contribution >= 0.6 is 12.4 Å². The number of hydrogen-bond acceptors (Lipinski definition) is 3. The number of aryl methyl sites for hydroxylation is 1. The molecule has 4 nitrogen and oxygen atoms in total. The van der Waals surface area contributed by atoms with E-state index in [1.54, 1.807) is 12.1 Å². The predicted octanol–water partition coefficient (Wildman–Crippen LogP) is 2.58. The van der Waals surface area contributed by atoms with Crippen molar-refractivity contribution in [2.24, 2.45) is 5.73 Å². The molecule has 6 heteroatoms. The van der Waals surface area contributed by atoms with Gasteiger partial charge in [-0.2, -0.15) is 0 Å². The smallest absolute Gasteiger partial charge is 0.254 e. The van der Waals surface area contributed by atoms with Gasteiger partial charge >= 0.3 is 0 Å². The third-order valence-corrected chi connectivity index (χ3v) is 3.10. The van der Waals surface area contributed by atoms with E-state index in [1.165, 1.54) is 18.4 Å². The fourth-order valence-corrected chi connectivity index (χ4v) is 1.96. The number of halogens is 2. The highest BCUT2D eigenvalue weighted by molar-refractivity contribution is 5.93. The van der Waals surface area contributed by atoms with Crippen molar-refractivity contribution in [1.29, 1.82) is 0 Å². The Kier molecular flexibility index (Phi) is 6.39. The summed E-state index contributed by atoms with van der Waals surface area (Å²) in [5, 5.41) is 2.79.